The molecule has 2 heteroatoms. The number of hydrogen-bond acceptors (Lipinski definition) is 0. The zero-order valence-electron chi connectivity index (χ0n) is 10.1. The Kier molecular flexibility index (Phi) is 5.17. The highest BCUT2D eigenvalue weighted by atomic mass is 31.2. The topological polar surface area (TPSA) is 0 Å². The Balaban J connectivity index is 2.26. The molecule has 1 unspecified atom stereocenters. The van der Waals surface area contributed by atoms with Gasteiger partial charge in [0.2, 0.25) is 0 Å². The summed E-state index contributed by atoms with van der Waals surface area (Å²) in [7, 11) is 0.931. The zero-order valence-corrected chi connectivity index (χ0v) is 12.0. The first kappa shape index (κ1) is 12.7. The Morgan fingerprint density at radius 2 is 1.29 bits per heavy atom. The van der Waals surface area contributed by atoms with E-state index in [4.69, 9.17) is 0 Å². The van der Waals surface area contributed by atoms with Crippen LogP contribution in [-0.2, 0) is 0 Å². The maximum absolute atomic E-state index is 2.28. The maximum atomic E-state index is 2.28. The Morgan fingerprint density at radius 1 is 0.824 bits per heavy atom. The Hall–Kier alpha value is -0.700. The van der Waals surface area contributed by atoms with Gasteiger partial charge in [0.15, 0.2) is 0 Å². The standard InChI is InChI=1S/C15H18P2/c1-2-16-13-17(14-9-5-3-6-10-14)15-11-7-4-8-12-15/h3-12,16H,2,13H2,1H3. The van der Waals surface area contributed by atoms with Crippen LogP contribution in [0.5, 0.6) is 0 Å². The van der Waals surface area contributed by atoms with E-state index in [1.54, 1.807) is 0 Å². The maximum Gasteiger partial charge on any atom is -0.00675 e. The summed E-state index contributed by atoms with van der Waals surface area (Å²) in [5.41, 5.74) is 0. The summed E-state index contributed by atoms with van der Waals surface area (Å²) in [5.74, 6) is 1.33. The number of rotatable bonds is 5. The molecule has 0 saturated carbocycles. The minimum atomic E-state index is -0.144. The van der Waals surface area contributed by atoms with E-state index >= 15 is 0 Å². The average Bonchev–Trinajstić information content (AvgIpc) is 2.42. The first-order valence-corrected chi connectivity index (χ1v) is 8.94. The fraction of sp³-hybridized carbons (Fsp3) is 0.200. The minimum Gasteiger partial charge on any atom is -0.117 e. The molecule has 0 saturated heterocycles. The van der Waals surface area contributed by atoms with Gasteiger partial charge in [0, 0.05) is 0 Å². The van der Waals surface area contributed by atoms with Crippen LogP contribution in [0.2, 0.25) is 0 Å². The first-order chi connectivity index (χ1) is 8.42. The Labute approximate surface area is 107 Å². The van der Waals surface area contributed by atoms with E-state index in [9.17, 15) is 0 Å². The van der Waals surface area contributed by atoms with E-state index in [-0.39, 0.29) is 7.92 Å². The number of hydrogen-bond donors (Lipinski definition) is 0. The molecule has 0 spiro atoms. The lowest BCUT2D eigenvalue weighted by Crippen LogP contribution is -2.12. The van der Waals surface area contributed by atoms with Crippen LogP contribution in [0, 0.1) is 0 Å². The molecule has 17 heavy (non-hydrogen) atoms. The van der Waals surface area contributed by atoms with E-state index in [1.165, 1.54) is 22.7 Å². The molecular weight excluding hydrogens is 242 g/mol. The van der Waals surface area contributed by atoms with Crippen molar-refractivity contribution in [1.29, 1.82) is 0 Å². The van der Waals surface area contributed by atoms with E-state index < -0.39 is 0 Å². The first-order valence-electron chi connectivity index (χ1n) is 6.00. The van der Waals surface area contributed by atoms with E-state index in [0.717, 1.165) is 8.58 Å². The van der Waals surface area contributed by atoms with Crippen molar-refractivity contribution in [3.63, 3.8) is 0 Å². The lowest BCUT2D eigenvalue weighted by molar-refractivity contribution is 1.51. The summed E-state index contributed by atoms with van der Waals surface area (Å²) in [4.78, 5) is 0. The molecule has 0 aliphatic carbocycles. The van der Waals surface area contributed by atoms with E-state index in [2.05, 4.69) is 67.6 Å². The summed E-state index contributed by atoms with van der Waals surface area (Å²) in [5, 5.41) is 3.02. The van der Waals surface area contributed by atoms with Crippen molar-refractivity contribution >= 4 is 27.1 Å². The van der Waals surface area contributed by atoms with Gasteiger partial charge in [0.1, 0.15) is 0 Å². The van der Waals surface area contributed by atoms with Crippen LogP contribution in [0.1, 0.15) is 6.92 Å². The van der Waals surface area contributed by atoms with Gasteiger partial charge in [-0.2, -0.15) is 0 Å². The molecule has 0 nitrogen and oxygen atoms in total. The van der Waals surface area contributed by atoms with Crippen molar-refractivity contribution in [3.8, 4) is 0 Å². The molecule has 88 valence electrons. The molecule has 2 aromatic carbocycles. The summed E-state index contributed by atoms with van der Waals surface area (Å²) in [6, 6.07) is 21.9. The van der Waals surface area contributed by atoms with Gasteiger partial charge in [0.05, 0.1) is 0 Å². The second kappa shape index (κ2) is 6.90. The van der Waals surface area contributed by atoms with Crippen molar-refractivity contribution in [2.24, 2.45) is 0 Å². The monoisotopic (exact) mass is 260 g/mol. The molecule has 0 bridgehead atoms. The van der Waals surface area contributed by atoms with Gasteiger partial charge in [-0.1, -0.05) is 67.6 Å². The Bertz CT molecular complexity index is 386. The molecule has 1 atom stereocenters. The molecule has 2 aromatic rings. The Morgan fingerprint density at radius 3 is 1.71 bits per heavy atom. The smallest absolute Gasteiger partial charge is 0.00675 e. The molecule has 0 aliphatic heterocycles. The highest BCUT2D eigenvalue weighted by molar-refractivity contribution is 7.79. The van der Waals surface area contributed by atoms with Crippen molar-refractivity contribution in [2.75, 3.05) is 12.1 Å². The molecule has 2 rings (SSSR count). The van der Waals surface area contributed by atoms with E-state index in [0.29, 0.717) is 0 Å². The van der Waals surface area contributed by atoms with E-state index in [1.807, 2.05) is 0 Å². The van der Waals surface area contributed by atoms with Crippen molar-refractivity contribution < 1.29 is 0 Å². The third-order valence-corrected chi connectivity index (χ3v) is 7.16. The fourth-order valence-electron chi connectivity index (χ4n) is 1.77. The van der Waals surface area contributed by atoms with Gasteiger partial charge in [-0.3, -0.25) is 0 Å². The highest BCUT2D eigenvalue weighted by Gasteiger charge is 2.11. The van der Waals surface area contributed by atoms with Crippen molar-refractivity contribution in [1.82, 2.24) is 0 Å². The molecule has 0 fully saturated rings. The molecule has 0 amide bonds. The van der Waals surface area contributed by atoms with Crippen LogP contribution in [0.25, 0.3) is 0 Å². The normalized spacial score (nSPS) is 11.4. The van der Waals surface area contributed by atoms with Gasteiger partial charge in [-0.25, -0.2) is 0 Å². The van der Waals surface area contributed by atoms with Gasteiger partial charge in [0.25, 0.3) is 0 Å². The van der Waals surface area contributed by atoms with Crippen LogP contribution in [0.15, 0.2) is 60.7 Å². The number of benzene rings is 2. The second-order valence-corrected chi connectivity index (χ2v) is 8.22. The lowest BCUT2D eigenvalue weighted by atomic mass is 10.4. The molecule has 0 N–H and O–H groups in total. The van der Waals surface area contributed by atoms with Crippen LogP contribution >= 0.6 is 16.5 Å². The summed E-state index contributed by atoms with van der Waals surface area (Å²) in [6.07, 6.45) is 1.30. The summed E-state index contributed by atoms with van der Waals surface area (Å²) >= 11 is 0. The van der Waals surface area contributed by atoms with Crippen LogP contribution in [0.4, 0.5) is 0 Å². The quantitative estimate of drug-likeness (QED) is 0.718. The van der Waals surface area contributed by atoms with Crippen LogP contribution in [-0.4, -0.2) is 12.1 Å². The third kappa shape index (κ3) is 3.63. The second-order valence-electron chi connectivity index (χ2n) is 3.86. The van der Waals surface area contributed by atoms with Crippen LogP contribution in [0.3, 0.4) is 0 Å². The predicted octanol–water partition coefficient (Wildman–Crippen LogP) is 3.78. The molecule has 0 aliphatic rings. The molecular formula is C15H18P2. The lowest BCUT2D eigenvalue weighted by Gasteiger charge is -2.18. The van der Waals surface area contributed by atoms with Gasteiger partial charge in [-0.15, -0.1) is 8.58 Å². The SMILES string of the molecule is CCPCP(c1ccccc1)c1ccccc1. The summed E-state index contributed by atoms with van der Waals surface area (Å²) in [6.45, 7) is 2.28. The average molecular weight is 260 g/mol. The van der Waals surface area contributed by atoms with Crippen LogP contribution < -0.4 is 10.6 Å². The largest absolute Gasteiger partial charge is 0.117 e. The molecule has 0 aromatic heterocycles. The highest BCUT2D eigenvalue weighted by Crippen LogP contribution is 2.39. The molecule has 0 heterocycles. The molecule has 0 radical (unpaired) electrons. The fourth-order valence-corrected chi connectivity index (χ4v) is 6.38. The van der Waals surface area contributed by atoms with Gasteiger partial charge < -0.3 is 0 Å². The predicted molar refractivity (Wildman–Crippen MR) is 82.8 cm³/mol. The zero-order chi connectivity index (χ0) is 11.9. The minimum absolute atomic E-state index is 0.144. The van der Waals surface area contributed by atoms with Gasteiger partial charge in [-0.05, 0) is 30.6 Å². The van der Waals surface area contributed by atoms with Gasteiger partial charge >= 0.3 is 0 Å². The van der Waals surface area contributed by atoms with Crippen molar-refractivity contribution in [3.05, 3.63) is 60.7 Å². The van der Waals surface area contributed by atoms with Crippen molar-refractivity contribution in [2.45, 2.75) is 6.92 Å². The third-order valence-electron chi connectivity index (χ3n) is 2.66. The summed E-state index contributed by atoms with van der Waals surface area (Å²) < 4.78 is 0.